The summed E-state index contributed by atoms with van der Waals surface area (Å²) in [6, 6.07) is 11.6. The van der Waals surface area contributed by atoms with E-state index in [2.05, 4.69) is 4.98 Å². The van der Waals surface area contributed by atoms with Crippen LogP contribution in [0, 0.1) is 0 Å². The molecular weight excluding hydrogens is 426 g/mol. The van der Waals surface area contributed by atoms with Gasteiger partial charge in [0.05, 0.1) is 12.0 Å². The van der Waals surface area contributed by atoms with Crippen molar-refractivity contribution in [3.05, 3.63) is 82.9 Å². The zero-order valence-corrected chi connectivity index (χ0v) is 17.4. The van der Waals surface area contributed by atoms with Crippen LogP contribution in [0.15, 0.2) is 60.6 Å². The topological polar surface area (TPSA) is 115 Å². The zero-order chi connectivity index (χ0) is 22.9. The smallest absolute Gasteiger partial charge is 0.304 e. The van der Waals surface area contributed by atoms with Crippen LogP contribution in [0.3, 0.4) is 0 Å². The maximum Gasteiger partial charge on any atom is 0.304 e. The highest BCUT2D eigenvalue weighted by atomic mass is 16.6. The molecule has 0 saturated carbocycles. The summed E-state index contributed by atoms with van der Waals surface area (Å²) < 4.78 is 17.0. The number of fused-ring (bicyclic) bond motifs is 2. The molecule has 33 heavy (non-hydrogen) atoms. The molecule has 3 heterocycles. The van der Waals surface area contributed by atoms with E-state index in [9.17, 15) is 19.8 Å². The van der Waals surface area contributed by atoms with Gasteiger partial charge in [-0.1, -0.05) is 12.1 Å². The molecule has 8 nitrogen and oxygen atoms in total. The number of Topliss-reactive ketones (excluding diaryl/α,β-unsaturated/α-hetero) is 1. The molecule has 2 aliphatic heterocycles. The number of rotatable bonds is 5. The molecule has 0 unspecified atom stereocenters. The molecule has 1 aromatic heterocycles. The van der Waals surface area contributed by atoms with E-state index in [1.807, 2.05) is 0 Å². The van der Waals surface area contributed by atoms with Crippen LogP contribution in [-0.2, 0) is 4.79 Å². The quantitative estimate of drug-likeness (QED) is 0.570. The Labute approximate surface area is 188 Å². The Morgan fingerprint density at radius 1 is 1.12 bits per heavy atom. The number of allylic oxidation sites excluding steroid dienone is 1. The van der Waals surface area contributed by atoms with E-state index in [4.69, 9.17) is 14.2 Å². The monoisotopic (exact) mass is 445 g/mol. The first-order valence-corrected chi connectivity index (χ1v) is 10.3. The first kappa shape index (κ1) is 20.6. The van der Waals surface area contributed by atoms with Gasteiger partial charge in [-0.25, -0.2) is 0 Å². The third-order valence-electron chi connectivity index (χ3n) is 5.53. The number of phenolic OH excluding ortho intramolecular Hbond substituents is 1. The number of ether oxygens (including phenoxy) is 3. The molecule has 0 radical (unpaired) electrons. The number of phenols is 1. The first-order chi connectivity index (χ1) is 16.0. The molecule has 2 aromatic carbocycles. The normalized spacial score (nSPS) is 16.2. The molecule has 0 fully saturated rings. The average Bonchev–Trinajstić information content (AvgIpc) is 3.13. The van der Waals surface area contributed by atoms with Crippen molar-refractivity contribution < 1.29 is 34.0 Å². The molecule has 0 amide bonds. The minimum atomic E-state index is -1.06. The molecule has 0 aliphatic carbocycles. The van der Waals surface area contributed by atoms with Gasteiger partial charge < -0.3 is 24.4 Å². The maximum absolute atomic E-state index is 13.1. The fourth-order valence-electron chi connectivity index (χ4n) is 4.04. The number of carbonyl (C=O) groups excluding carboxylic acids is 1. The van der Waals surface area contributed by atoms with Crippen molar-refractivity contribution in [2.75, 3.05) is 13.2 Å². The first-order valence-electron chi connectivity index (χ1n) is 10.3. The Morgan fingerprint density at radius 3 is 2.70 bits per heavy atom. The van der Waals surface area contributed by atoms with Crippen molar-refractivity contribution in [3.63, 3.8) is 0 Å². The molecule has 8 heteroatoms. The van der Waals surface area contributed by atoms with Crippen LogP contribution in [0.25, 0.3) is 6.08 Å². The molecule has 0 saturated heterocycles. The van der Waals surface area contributed by atoms with Crippen molar-refractivity contribution in [2.45, 2.75) is 12.3 Å². The van der Waals surface area contributed by atoms with Crippen molar-refractivity contribution >= 4 is 17.8 Å². The second kappa shape index (κ2) is 8.31. The summed E-state index contributed by atoms with van der Waals surface area (Å²) in [5.74, 6) is -0.906. The van der Waals surface area contributed by atoms with E-state index in [1.165, 1.54) is 18.3 Å². The number of benzene rings is 2. The molecule has 2 aliphatic rings. The predicted octanol–water partition coefficient (Wildman–Crippen LogP) is 3.78. The fraction of sp³-hybridized carbons (Fsp3) is 0.160. The lowest BCUT2D eigenvalue weighted by Gasteiger charge is -2.19. The number of ketones is 1. The molecule has 0 spiro atoms. The Bertz CT molecular complexity index is 1280. The Hall–Kier alpha value is -4.33. The Kier molecular flexibility index (Phi) is 5.18. The standard InChI is InChI=1S/C25H19NO7/c27-18-5-4-16-24(30)21(11-14-3-6-19-20(10-14)32-9-8-31-19)33-25(16)23(18)17(12-22(28)29)15-2-1-7-26-13-15/h1-7,10-11,13,17,27H,8-9,12H2,(H,28,29)/b21-11-/t17-/m0/s1. The van der Waals surface area contributed by atoms with E-state index >= 15 is 0 Å². The molecule has 5 rings (SSSR count). The van der Waals surface area contributed by atoms with Crippen LogP contribution in [-0.4, -0.2) is 40.2 Å². The predicted molar refractivity (Wildman–Crippen MR) is 117 cm³/mol. The average molecular weight is 445 g/mol. The molecule has 1 atom stereocenters. The van der Waals surface area contributed by atoms with E-state index in [-0.39, 0.29) is 40.6 Å². The summed E-state index contributed by atoms with van der Waals surface area (Å²) in [5.41, 5.74) is 1.76. The summed E-state index contributed by atoms with van der Waals surface area (Å²) in [4.78, 5) is 28.8. The van der Waals surface area contributed by atoms with Crippen molar-refractivity contribution in [1.82, 2.24) is 4.98 Å². The van der Waals surface area contributed by atoms with Gasteiger partial charge in [0.15, 0.2) is 17.3 Å². The lowest BCUT2D eigenvalue weighted by atomic mass is 9.87. The highest BCUT2D eigenvalue weighted by Crippen LogP contribution is 2.46. The summed E-state index contributed by atoms with van der Waals surface area (Å²) in [6.07, 6.45) is 4.38. The largest absolute Gasteiger partial charge is 0.508 e. The Balaban J connectivity index is 1.56. The number of hydrogen-bond donors (Lipinski definition) is 2. The van der Waals surface area contributed by atoms with Gasteiger partial charge in [0, 0.05) is 23.9 Å². The summed E-state index contributed by atoms with van der Waals surface area (Å²) >= 11 is 0. The van der Waals surface area contributed by atoms with Crippen molar-refractivity contribution in [3.8, 4) is 23.0 Å². The second-order valence-electron chi connectivity index (χ2n) is 7.65. The summed E-state index contributed by atoms with van der Waals surface area (Å²) in [5, 5.41) is 20.2. The number of aliphatic carboxylic acids is 1. The minimum Gasteiger partial charge on any atom is -0.508 e. The van der Waals surface area contributed by atoms with E-state index in [1.54, 1.807) is 42.6 Å². The van der Waals surface area contributed by atoms with E-state index in [0.29, 0.717) is 35.8 Å². The van der Waals surface area contributed by atoms with Gasteiger partial charge in [-0.05, 0) is 47.5 Å². The number of pyridine rings is 1. The lowest BCUT2D eigenvalue weighted by Crippen LogP contribution is -2.15. The molecule has 166 valence electrons. The van der Waals surface area contributed by atoms with E-state index < -0.39 is 11.9 Å². The molecule has 0 bridgehead atoms. The van der Waals surface area contributed by atoms with Crippen molar-refractivity contribution in [2.24, 2.45) is 0 Å². The number of nitrogens with zero attached hydrogens (tertiary/aromatic N) is 1. The number of hydrogen-bond acceptors (Lipinski definition) is 7. The second-order valence-corrected chi connectivity index (χ2v) is 7.65. The summed E-state index contributed by atoms with van der Waals surface area (Å²) in [6.45, 7) is 0.918. The summed E-state index contributed by atoms with van der Waals surface area (Å²) in [7, 11) is 0. The van der Waals surface area contributed by atoms with Gasteiger partial charge in [-0.15, -0.1) is 0 Å². The van der Waals surface area contributed by atoms with Gasteiger partial charge >= 0.3 is 5.97 Å². The van der Waals surface area contributed by atoms with E-state index in [0.717, 1.165) is 0 Å². The number of aromatic nitrogens is 1. The number of carbonyl (C=O) groups is 2. The van der Waals surface area contributed by atoms with Gasteiger partial charge in [-0.3, -0.25) is 14.6 Å². The lowest BCUT2D eigenvalue weighted by molar-refractivity contribution is -0.137. The molecule has 3 aromatic rings. The number of carboxylic acids is 1. The zero-order valence-electron chi connectivity index (χ0n) is 17.4. The van der Waals surface area contributed by atoms with Crippen molar-refractivity contribution in [1.29, 1.82) is 0 Å². The Morgan fingerprint density at radius 2 is 1.94 bits per heavy atom. The SMILES string of the molecule is O=C(O)C[C@@H](c1cccnc1)c1c(O)ccc2c1O/C(=C\c1ccc3c(c1)OCCO3)C2=O. The van der Waals surface area contributed by atoms with Crippen LogP contribution in [0.4, 0.5) is 0 Å². The van der Waals surface area contributed by atoms with Gasteiger partial charge in [0.25, 0.3) is 0 Å². The third kappa shape index (κ3) is 3.87. The third-order valence-corrected chi connectivity index (χ3v) is 5.53. The van der Waals surface area contributed by atoms with Crippen LogP contribution in [0.2, 0.25) is 0 Å². The van der Waals surface area contributed by atoms with Crippen LogP contribution in [0.1, 0.15) is 39.4 Å². The number of carboxylic acid groups (broad SMARTS) is 1. The minimum absolute atomic E-state index is 0.0637. The highest BCUT2D eigenvalue weighted by molar-refractivity contribution is 6.15. The molecular formula is C25H19NO7. The van der Waals surface area contributed by atoms with Crippen LogP contribution in [0.5, 0.6) is 23.0 Å². The van der Waals surface area contributed by atoms with Crippen LogP contribution >= 0.6 is 0 Å². The fourth-order valence-corrected chi connectivity index (χ4v) is 4.04. The van der Waals surface area contributed by atoms with Gasteiger partial charge in [0.2, 0.25) is 5.78 Å². The van der Waals surface area contributed by atoms with Gasteiger partial charge in [0.1, 0.15) is 24.7 Å². The maximum atomic E-state index is 13.1. The highest BCUT2D eigenvalue weighted by Gasteiger charge is 2.35. The van der Waals surface area contributed by atoms with Crippen LogP contribution < -0.4 is 14.2 Å². The van der Waals surface area contributed by atoms with Gasteiger partial charge in [-0.2, -0.15) is 0 Å². The molecule has 2 N–H and O–H groups in total. The number of aromatic hydroxyl groups is 1.